The highest BCUT2D eigenvalue weighted by atomic mass is 19.1. The van der Waals surface area contributed by atoms with Crippen LogP contribution in [0.1, 0.15) is 0 Å². The van der Waals surface area contributed by atoms with Crippen LogP contribution >= 0.6 is 0 Å². The fraction of sp³-hybridized carbons (Fsp3) is 0. The summed E-state index contributed by atoms with van der Waals surface area (Å²) < 4.78 is 15.1. The Labute approximate surface area is 137 Å². The third-order valence-electron chi connectivity index (χ3n) is 3.96. The van der Waals surface area contributed by atoms with E-state index in [0.29, 0.717) is 5.39 Å². The van der Waals surface area contributed by atoms with Crippen molar-refractivity contribution in [1.29, 1.82) is 0 Å². The largest absolute Gasteiger partial charge is 0.316 e. The average molecular weight is 316 g/mol. The zero-order valence-electron chi connectivity index (χ0n) is 12.7. The van der Waals surface area contributed by atoms with Gasteiger partial charge >= 0.3 is 0 Å². The number of halogens is 1. The van der Waals surface area contributed by atoms with Crippen molar-refractivity contribution in [3.05, 3.63) is 95.2 Å². The molecule has 0 aliphatic heterocycles. The molecule has 0 amide bonds. The van der Waals surface area contributed by atoms with Crippen LogP contribution in [0.5, 0.6) is 0 Å². The number of hydrogen-bond donors (Lipinski definition) is 0. The number of nitrogens with zero attached hydrogens (tertiary/aromatic N) is 2. The Bertz CT molecular complexity index is 1070. The number of hydrogen-bond acceptors (Lipinski definition) is 2. The first-order valence-corrected chi connectivity index (χ1v) is 7.55. The number of fused-ring (bicyclic) bond motifs is 1. The summed E-state index contributed by atoms with van der Waals surface area (Å²) in [5, 5.41) is 0.613. The lowest BCUT2D eigenvalue weighted by Gasteiger charge is -2.12. The van der Waals surface area contributed by atoms with Crippen LogP contribution in [0.3, 0.4) is 0 Å². The third kappa shape index (κ3) is 2.48. The van der Waals surface area contributed by atoms with Crippen molar-refractivity contribution in [2.75, 3.05) is 0 Å². The molecular formula is C20H13FN2O. The van der Waals surface area contributed by atoms with Gasteiger partial charge in [-0.25, -0.2) is 4.39 Å². The van der Waals surface area contributed by atoms with E-state index in [2.05, 4.69) is 4.98 Å². The number of rotatable bonds is 2. The molecule has 0 atom stereocenters. The van der Waals surface area contributed by atoms with Gasteiger partial charge in [-0.1, -0.05) is 12.1 Å². The zero-order chi connectivity index (χ0) is 16.5. The topological polar surface area (TPSA) is 34.9 Å². The molecule has 4 aromatic rings. The first kappa shape index (κ1) is 14.3. The van der Waals surface area contributed by atoms with Gasteiger partial charge in [0.15, 0.2) is 5.43 Å². The molecule has 116 valence electrons. The minimum absolute atomic E-state index is 0.0454. The summed E-state index contributed by atoms with van der Waals surface area (Å²) in [6.45, 7) is 0. The van der Waals surface area contributed by atoms with Crippen molar-refractivity contribution in [3.8, 4) is 16.9 Å². The quantitative estimate of drug-likeness (QED) is 0.556. The molecule has 0 unspecified atom stereocenters. The predicted molar refractivity (Wildman–Crippen MR) is 92.7 cm³/mol. The summed E-state index contributed by atoms with van der Waals surface area (Å²) >= 11 is 0. The molecule has 0 N–H and O–H groups in total. The van der Waals surface area contributed by atoms with E-state index in [1.807, 2.05) is 41.0 Å². The maximum atomic E-state index is 13.2. The van der Waals surface area contributed by atoms with Gasteiger partial charge in [-0.3, -0.25) is 9.78 Å². The van der Waals surface area contributed by atoms with Gasteiger partial charge < -0.3 is 4.57 Å². The summed E-state index contributed by atoms with van der Waals surface area (Å²) in [6, 6.07) is 19.0. The number of pyridine rings is 2. The molecule has 0 bridgehead atoms. The standard InChI is InChI=1S/C20H13FN2O/c21-15-5-7-16(8-6-15)23-12-10-20(24)17-9-4-14(13-19(17)23)18-3-1-2-11-22-18/h1-13H. The predicted octanol–water partition coefficient (Wildman–Crippen LogP) is 4.19. The Balaban J connectivity index is 1.99. The second-order valence-corrected chi connectivity index (χ2v) is 5.47. The third-order valence-corrected chi connectivity index (χ3v) is 3.96. The van der Waals surface area contributed by atoms with Crippen LogP contribution in [0.15, 0.2) is 83.9 Å². The Morgan fingerprint density at radius 3 is 2.50 bits per heavy atom. The fourth-order valence-electron chi connectivity index (χ4n) is 2.77. The second-order valence-electron chi connectivity index (χ2n) is 5.47. The average Bonchev–Trinajstić information content (AvgIpc) is 2.63. The van der Waals surface area contributed by atoms with Crippen LogP contribution in [0, 0.1) is 5.82 Å². The molecule has 2 aromatic heterocycles. The Hall–Kier alpha value is -3.27. The van der Waals surface area contributed by atoms with Crippen molar-refractivity contribution in [1.82, 2.24) is 9.55 Å². The lowest BCUT2D eigenvalue weighted by atomic mass is 10.1. The lowest BCUT2D eigenvalue weighted by Crippen LogP contribution is -2.06. The highest BCUT2D eigenvalue weighted by molar-refractivity contribution is 5.85. The molecule has 0 fully saturated rings. The summed E-state index contributed by atoms with van der Waals surface area (Å²) in [4.78, 5) is 16.5. The summed E-state index contributed by atoms with van der Waals surface area (Å²) in [7, 11) is 0. The van der Waals surface area contributed by atoms with Crippen LogP contribution in [0.25, 0.3) is 27.8 Å². The van der Waals surface area contributed by atoms with Crippen LogP contribution in [0.4, 0.5) is 4.39 Å². The maximum Gasteiger partial charge on any atom is 0.189 e. The second kappa shape index (κ2) is 5.74. The van der Waals surface area contributed by atoms with Gasteiger partial charge in [-0.15, -0.1) is 0 Å². The normalized spacial score (nSPS) is 10.9. The lowest BCUT2D eigenvalue weighted by molar-refractivity contribution is 0.627. The van der Waals surface area contributed by atoms with Crippen molar-refractivity contribution < 1.29 is 4.39 Å². The van der Waals surface area contributed by atoms with E-state index < -0.39 is 0 Å². The van der Waals surface area contributed by atoms with E-state index in [1.54, 1.807) is 24.5 Å². The van der Waals surface area contributed by atoms with Crippen LogP contribution in [0.2, 0.25) is 0 Å². The van der Waals surface area contributed by atoms with Gasteiger partial charge in [0.2, 0.25) is 0 Å². The molecule has 2 heterocycles. The zero-order valence-corrected chi connectivity index (χ0v) is 12.7. The van der Waals surface area contributed by atoms with Gasteiger partial charge in [0.1, 0.15) is 5.82 Å². The molecular weight excluding hydrogens is 303 g/mol. The van der Waals surface area contributed by atoms with E-state index in [0.717, 1.165) is 22.5 Å². The van der Waals surface area contributed by atoms with Crippen LogP contribution in [-0.4, -0.2) is 9.55 Å². The Kier molecular flexibility index (Phi) is 3.43. The van der Waals surface area contributed by atoms with E-state index in [9.17, 15) is 9.18 Å². The van der Waals surface area contributed by atoms with Crippen molar-refractivity contribution in [2.45, 2.75) is 0 Å². The van der Waals surface area contributed by atoms with Gasteiger partial charge in [0, 0.05) is 35.1 Å². The van der Waals surface area contributed by atoms with E-state index in [4.69, 9.17) is 0 Å². The van der Waals surface area contributed by atoms with Gasteiger partial charge in [0.05, 0.1) is 11.2 Å². The smallest absolute Gasteiger partial charge is 0.189 e. The van der Waals surface area contributed by atoms with Crippen molar-refractivity contribution >= 4 is 10.9 Å². The van der Waals surface area contributed by atoms with Gasteiger partial charge in [0.25, 0.3) is 0 Å². The van der Waals surface area contributed by atoms with E-state index >= 15 is 0 Å². The summed E-state index contributed by atoms with van der Waals surface area (Å²) in [5.74, 6) is -0.293. The van der Waals surface area contributed by atoms with E-state index in [-0.39, 0.29) is 11.2 Å². The molecule has 2 aromatic carbocycles. The Morgan fingerprint density at radius 1 is 0.917 bits per heavy atom. The minimum atomic E-state index is -0.293. The minimum Gasteiger partial charge on any atom is -0.316 e. The molecule has 3 nitrogen and oxygen atoms in total. The molecule has 0 saturated carbocycles. The highest BCUT2D eigenvalue weighted by Gasteiger charge is 2.07. The molecule has 24 heavy (non-hydrogen) atoms. The number of benzene rings is 2. The summed E-state index contributed by atoms with van der Waals surface area (Å²) in [5.41, 5.74) is 3.26. The molecule has 4 heteroatoms. The molecule has 0 saturated heterocycles. The van der Waals surface area contributed by atoms with Gasteiger partial charge in [-0.05, 0) is 48.5 Å². The Morgan fingerprint density at radius 2 is 1.75 bits per heavy atom. The SMILES string of the molecule is O=c1ccn(-c2ccc(F)cc2)c2cc(-c3ccccn3)ccc12. The van der Waals surface area contributed by atoms with E-state index in [1.165, 1.54) is 18.2 Å². The molecule has 4 rings (SSSR count). The first-order valence-electron chi connectivity index (χ1n) is 7.55. The molecule has 0 aliphatic carbocycles. The molecule has 0 aliphatic rings. The fourth-order valence-corrected chi connectivity index (χ4v) is 2.77. The first-order chi connectivity index (χ1) is 11.7. The van der Waals surface area contributed by atoms with Crippen molar-refractivity contribution in [2.24, 2.45) is 0 Å². The maximum absolute atomic E-state index is 13.2. The van der Waals surface area contributed by atoms with Crippen LogP contribution in [-0.2, 0) is 0 Å². The number of aromatic nitrogens is 2. The monoisotopic (exact) mass is 316 g/mol. The summed E-state index contributed by atoms with van der Waals surface area (Å²) in [6.07, 6.45) is 3.44. The van der Waals surface area contributed by atoms with Crippen molar-refractivity contribution in [3.63, 3.8) is 0 Å². The van der Waals surface area contributed by atoms with Gasteiger partial charge in [-0.2, -0.15) is 0 Å². The molecule has 0 radical (unpaired) electrons. The highest BCUT2D eigenvalue weighted by Crippen LogP contribution is 2.23. The van der Waals surface area contributed by atoms with Crippen LogP contribution < -0.4 is 5.43 Å². The molecule has 0 spiro atoms.